The quantitative estimate of drug-likeness (QED) is 0.783. The molecule has 0 bridgehead atoms. The lowest BCUT2D eigenvalue weighted by molar-refractivity contribution is -0.200. The number of rotatable bonds is 3. The maximum absolute atomic E-state index is 11.2. The number of carbonyl (C=O) groups excluding carboxylic acids is 2. The number of ether oxygens (including phenoxy) is 2. The lowest BCUT2D eigenvalue weighted by atomic mass is 10.1. The van der Waals surface area contributed by atoms with Gasteiger partial charge in [-0.15, -0.1) is 0 Å². The Bertz CT molecular complexity index is 607. The van der Waals surface area contributed by atoms with Gasteiger partial charge in [-0.25, -0.2) is 0 Å². The minimum atomic E-state index is -2.19. The first-order chi connectivity index (χ1) is 11.0. The third-order valence-corrected chi connectivity index (χ3v) is 5.65. The molecule has 1 fully saturated rings. The van der Waals surface area contributed by atoms with Crippen LogP contribution in [-0.4, -0.2) is 27.0 Å². The Morgan fingerprint density at radius 3 is 2.39 bits per heavy atom. The Morgan fingerprint density at radius 2 is 1.78 bits per heavy atom. The van der Waals surface area contributed by atoms with E-state index < -0.39 is 27.0 Å². The Balaban J connectivity index is 1.82. The van der Waals surface area contributed by atoms with E-state index >= 15 is 0 Å². The molecule has 1 aliphatic carbocycles. The summed E-state index contributed by atoms with van der Waals surface area (Å²) in [5.74, 6) is -0.645. The van der Waals surface area contributed by atoms with Crippen LogP contribution in [0.15, 0.2) is 18.2 Å². The molecule has 1 saturated carbocycles. The van der Waals surface area contributed by atoms with Crippen molar-refractivity contribution >= 4 is 26.4 Å². The first-order valence-corrected chi connectivity index (χ1v) is 8.99. The largest absolute Gasteiger partial charge is 0.576 e. The Hall–Kier alpha value is -1.86. The highest BCUT2D eigenvalue weighted by atomic mass is 28.3. The lowest BCUT2D eigenvalue weighted by Gasteiger charge is -2.35. The molecule has 3 rings (SSSR count). The van der Waals surface area contributed by atoms with Gasteiger partial charge in [-0.1, -0.05) is 6.07 Å². The fourth-order valence-corrected chi connectivity index (χ4v) is 4.23. The third kappa shape index (κ3) is 3.56. The van der Waals surface area contributed by atoms with Crippen molar-refractivity contribution in [2.75, 3.05) is 0 Å². The molecule has 123 valence electrons. The summed E-state index contributed by atoms with van der Waals surface area (Å²) in [6.45, 7) is 3.03. The molecule has 1 spiro atoms. The summed E-state index contributed by atoms with van der Waals surface area (Å²) in [4.78, 5) is 22.5. The van der Waals surface area contributed by atoms with Crippen molar-refractivity contribution in [1.29, 1.82) is 0 Å². The van der Waals surface area contributed by atoms with Gasteiger partial charge in [-0.3, -0.25) is 9.59 Å². The molecule has 23 heavy (non-hydrogen) atoms. The summed E-state index contributed by atoms with van der Waals surface area (Å²) >= 11 is 0. The average molecular weight is 335 g/mol. The average Bonchev–Trinajstić information content (AvgIpc) is 2.93. The van der Waals surface area contributed by atoms with E-state index in [1.807, 2.05) is 12.1 Å². The maximum atomic E-state index is 11.2. The molecule has 0 aromatic heterocycles. The lowest BCUT2D eigenvalue weighted by Crippen LogP contribution is -2.42. The zero-order valence-electron chi connectivity index (χ0n) is 13.2. The van der Waals surface area contributed by atoms with Crippen molar-refractivity contribution < 1.29 is 27.9 Å². The fraction of sp³-hybridized carbons (Fsp3) is 0.500. The molecule has 0 unspecified atom stereocenters. The van der Waals surface area contributed by atoms with Gasteiger partial charge in [0.15, 0.2) is 0 Å². The van der Waals surface area contributed by atoms with Gasteiger partial charge in [0.1, 0.15) is 5.75 Å². The van der Waals surface area contributed by atoms with Gasteiger partial charge in [0.25, 0.3) is 11.9 Å². The molecule has 2 aliphatic rings. The zero-order chi connectivity index (χ0) is 16.4. The van der Waals surface area contributed by atoms with Gasteiger partial charge in [0, 0.05) is 37.4 Å². The molecule has 0 saturated heterocycles. The number of benzene rings is 1. The fourth-order valence-electron chi connectivity index (χ4n) is 2.92. The summed E-state index contributed by atoms with van der Waals surface area (Å²) in [7, 11) is -2.19. The van der Waals surface area contributed by atoms with Crippen molar-refractivity contribution in [2.24, 2.45) is 0 Å². The minimum absolute atomic E-state index is 0.443. The second-order valence-electron chi connectivity index (χ2n) is 5.81. The van der Waals surface area contributed by atoms with Crippen molar-refractivity contribution in [2.45, 2.75) is 51.9 Å². The van der Waals surface area contributed by atoms with Crippen LogP contribution in [0, 0.1) is 0 Å². The van der Waals surface area contributed by atoms with E-state index in [0.29, 0.717) is 11.8 Å². The van der Waals surface area contributed by atoms with Gasteiger partial charge in [-0.05, 0) is 25.0 Å². The van der Waals surface area contributed by atoms with E-state index in [0.717, 1.165) is 37.0 Å². The molecule has 0 N–H and O–H groups in total. The van der Waals surface area contributed by atoms with E-state index in [-0.39, 0.29) is 0 Å². The molecular formula is C16H19O6Si. The van der Waals surface area contributed by atoms with Crippen LogP contribution in [0.25, 0.3) is 0 Å². The SMILES string of the molecule is CC(=O)O[Si](OC(C)=O)c1ccc2c(c1)COC1(CCCC1)O2. The second kappa shape index (κ2) is 6.33. The van der Waals surface area contributed by atoms with Gasteiger partial charge >= 0.3 is 9.28 Å². The summed E-state index contributed by atoms with van der Waals surface area (Å²) in [6.07, 6.45) is 4.03. The third-order valence-electron chi connectivity index (χ3n) is 3.92. The number of fused-ring (bicyclic) bond motifs is 1. The highest BCUT2D eigenvalue weighted by Crippen LogP contribution is 2.40. The summed E-state index contributed by atoms with van der Waals surface area (Å²) in [5, 5.41) is 0.675. The summed E-state index contributed by atoms with van der Waals surface area (Å²) < 4.78 is 22.3. The number of carbonyl (C=O) groups is 2. The van der Waals surface area contributed by atoms with Crippen LogP contribution in [-0.2, 0) is 29.8 Å². The first-order valence-electron chi connectivity index (χ1n) is 7.67. The highest BCUT2D eigenvalue weighted by Gasteiger charge is 2.41. The molecule has 7 heteroatoms. The smallest absolute Gasteiger partial charge is 0.480 e. The predicted octanol–water partition coefficient (Wildman–Crippen LogP) is 1.69. The van der Waals surface area contributed by atoms with Crippen molar-refractivity contribution in [3.63, 3.8) is 0 Å². The van der Waals surface area contributed by atoms with E-state index in [4.69, 9.17) is 18.3 Å². The monoisotopic (exact) mass is 335 g/mol. The van der Waals surface area contributed by atoms with Gasteiger partial charge in [0.2, 0.25) is 5.79 Å². The molecule has 0 atom stereocenters. The van der Waals surface area contributed by atoms with E-state index in [1.165, 1.54) is 13.8 Å². The van der Waals surface area contributed by atoms with Crippen LogP contribution < -0.4 is 9.92 Å². The molecule has 0 amide bonds. The van der Waals surface area contributed by atoms with Gasteiger partial charge < -0.3 is 18.3 Å². The highest BCUT2D eigenvalue weighted by molar-refractivity contribution is 6.64. The Morgan fingerprint density at radius 1 is 1.13 bits per heavy atom. The Kier molecular flexibility index (Phi) is 4.41. The van der Waals surface area contributed by atoms with Crippen LogP contribution in [0.1, 0.15) is 45.1 Å². The van der Waals surface area contributed by atoms with Crippen molar-refractivity contribution in [1.82, 2.24) is 0 Å². The van der Waals surface area contributed by atoms with Crippen molar-refractivity contribution in [3.05, 3.63) is 23.8 Å². The van der Waals surface area contributed by atoms with Gasteiger partial charge in [0.05, 0.1) is 6.61 Å². The second-order valence-corrected chi connectivity index (χ2v) is 7.37. The number of hydrogen-bond acceptors (Lipinski definition) is 6. The minimum Gasteiger partial charge on any atom is -0.480 e. The topological polar surface area (TPSA) is 71.1 Å². The normalized spacial score (nSPS) is 18.4. The van der Waals surface area contributed by atoms with Crippen LogP contribution >= 0.6 is 0 Å². The van der Waals surface area contributed by atoms with Crippen LogP contribution in [0.4, 0.5) is 0 Å². The maximum Gasteiger partial charge on any atom is 0.576 e. The molecule has 1 aliphatic heterocycles. The first kappa shape index (κ1) is 16.0. The van der Waals surface area contributed by atoms with Crippen LogP contribution in [0.5, 0.6) is 5.75 Å². The summed E-state index contributed by atoms with van der Waals surface area (Å²) in [5.41, 5.74) is 0.877. The van der Waals surface area contributed by atoms with E-state index in [9.17, 15) is 9.59 Å². The number of hydrogen-bond donors (Lipinski definition) is 0. The zero-order valence-corrected chi connectivity index (χ0v) is 14.2. The van der Waals surface area contributed by atoms with Crippen molar-refractivity contribution in [3.8, 4) is 5.75 Å². The van der Waals surface area contributed by atoms with Crippen LogP contribution in [0.3, 0.4) is 0 Å². The molecular weight excluding hydrogens is 316 g/mol. The predicted molar refractivity (Wildman–Crippen MR) is 82.0 cm³/mol. The standard InChI is InChI=1S/C16H19O6Si/c1-11(17)21-23(22-12(2)18)14-5-6-15-13(9-14)10-19-16(20-15)7-3-4-8-16/h5-6,9H,3-4,7-8,10H2,1-2H3. The molecule has 1 aromatic carbocycles. The molecule has 6 nitrogen and oxygen atoms in total. The molecule has 1 radical (unpaired) electrons. The molecule has 1 heterocycles. The van der Waals surface area contributed by atoms with E-state index in [2.05, 4.69) is 0 Å². The summed E-state index contributed by atoms with van der Waals surface area (Å²) in [6, 6.07) is 5.45. The van der Waals surface area contributed by atoms with Gasteiger partial charge in [-0.2, -0.15) is 0 Å². The van der Waals surface area contributed by atoms with E-state index in [1.54, 1.807) is 6.07 Å². The Labute approximate surface area is 136 Å². The molecule has 1 aromatic rings. The van der Waals surface area contributed by atoms with Crippen LogP contribution in [0.2, 0.25) is 0 Å².